The van der Waals surface area contributed by atoms with Gasteiger partial charge in [0.25, 0.3) is 0 Å². The summed E-state index contributed by atoms with van der Waals surface area (Å²) in [6, 6.07) is 26.6. The summed E-state index contributed by atoms with van der Waals surface area (Å²) in [5.74, 6) is 0.977. The van der Waals surface area contributed by atoms with Crippen LogP contribution < -0.4 is 10.1 Å². The number of fused-ring (bicyclic) bond motifs is 2. The van der Waals surface area contributed by atoms with Gasteiger partial charge in [-0.3, -0.25) is 0 Å². The van der Waals surface area contributed by atoms with Crippen LogP contribution in [0.5, 0.6) is 5.75 Å². The molecule has 0 aromatic heterocycles. The van der Waals surface area contributed by atoms with Gasteiger partial charge in [0.15, 0.2) is 0 Å². The normalized spacial score (nSPS) is 14.5. The maximum atomic E-state index is 9.73. The van der Waals surface area contributed by atoms with Gasteiger partial charge in [-0.25, -0.2) is 0 Å². The van der Waals surface area contributed by atoms with Crippen molar-refractivity contribution in [3.63, 3.8) is 0 Å². The minimum atomic E-state index is -0.420. The molecule has 0 spiro atoms. The van der Waals surface area contributed by atoms with Crippen molar-refractivity contribution < 1.29 is 9.84 Å². The van der Waals surface area contributed by atoms with Crippen LogP contribution in [0.3, 0.4) is 0 Å². The van der Waals surface area contributed by atoms with Crippen molar-refractivity contribution in [2.45, 2.75) is 32.1 Å². The molecule has 2 atom stereocenters. The molecular weight excluding hydrogens is 479 g/mol. The number of aliphatic hydroxyl groups is 1. The molecule has 2 N–H and O–H groups in total. The largest absolute Gasteiger partial charge is 0.488 e. The van der Waals surface area contributed by atoms with E-state index in [9.17, 15) is 5.11 Å². The molecule has 3 aromatic rings. The van der Waals surface area contributed by atoms with Gasteiger partial charge in [0.2, 0.25) is 0 Å². The van der Waals surface area contributed by atoms with Gasteiger partial charge >= 0.3 is 0 Å². The Labute approximate surface area is 222 Å². The van der Waals surface area contributed by atoms with E-state index in [0.29, 0.717) is 6.61 Å². The molecule has 1 aliphatic rings. The Morgan fingerprint density at radius 1 is 0.914 bits per heavy atom. The number of nitrogens with one attached hydrogen (secondary N) is 1. The van der Waals surface area contributed by atoms with Gasteiger partial charge in [-0.15, -0.1) is 24.8 Å². The molecular formula is C29H38Cl2N2O2. The average Bonchev–Trinajstić information content (AvgIpc) is 3.01. The Morgan fingerprint density at radius 2 is 1.51 bits per heavy atom. The van der Waals surface area contributed by atoms with Gasteiger partial charge in [0, 0.05) is 18.2 Å². The van der Waals surface area contributed by atoms with Crippen LogP contribution in [-0.2, 0) is 6.61 Å². The monoisotopic (exact) mass is 516 g/mol. The molecule has 4 rings (SSSR count). The van der Waals surface area contributed by atoms with Gasteiger partial charge in [-0.05, 0) is 62.8 Å². The number of para-hydroxylation sites is 1. The van der Waals surface area contributed by atoms with E-state index in [4.69, 9.17) is 4.74 Å². The molecule has 0 unspecified atom stereocenters. The lowest BCUT2D eigenvalue weighted by Crippen LogP contribution is -2.28. The molecule has 1 heterocycles. The Balaban J connectivity index is 0.000000379. The SMILES string of the molecule is CN(C)CCC=C1c2ccccc2COc2ccccc21.CN[C@@H](C)[C@H](O)c1ccccc1.Cl.Cl. The van der Waals surface area contributed by atoms with Crippen LogP contribution in [0.25, 0.3) is 5.57 Å². The summed E-state index contributed by atoms with van der Waals surface area (Å²) in [5, 5.41) is 12.7. The third kappa shape index (κ3) is 8.68. The molecule has 4 nitrogen and oxygen atoms in total. The number of likely N-dealkylation sites (N-methyl/N-ethyl adjacent to an activating group) is 1. The van der Waals surface area contributed by atoms with E-state index in [1.165, 1.54) is 22.3 Å². The van der Waals surface area contributed by atoms with Crippen LogP contribution in [0.1, 0.15) is 41.7 Å². The maximum absolute atomic E-state index is 9.73. The van der Waals surface area contributed by atoms with Gasteiger partial charge in [0.05, 0.1) is 6.10 Å². The zero-order valence-corrected chi connectivity index (χ0v) is 22.6. The van der Waals surface area contributed by atoms with Crippen LogP contribution >= 0.6 is 24.8 Å². The number of hydrogen-bond donors (Lipinski definition) is 2. The molecule has 35 heavy (non-hydrogen) atoms. The number of benzene rings is 3. The highest BCUT2D eigenvalue weighted by Gasteiger charge is 2.18. The highest BCUT2D eigenvalue weighted by atomic mass is 35.5. The van der Waals surface area contributed by atoms with Crippen molar-refractivity contribution in [2.24, 2.45) is 0 Å². The lowest BCUT2D eigenvalue weighted by Gasteiger charge is -2.17. The van der Waals surface area contributed by atoms with Gasteiger partial charge in [-0.1, -0.05) is 78.9 Å². The fourth-order valence-corrected chi connectivity index (χ4v) is 3.81. The molecule has 0 saturated carbocycles. The third-order valence-electron chi connectivity index (χ3n) is 5.86. The molecule has 0 amide bonds. The smallest absolute Gasteiger partial charge is 0.127 e. The lowest BCUT2D eigenvalue weighted by molar-refractivity contribution is 0.140. The van der Waals surface area contributed by atoms with Crippen LogP contribution in [0, 0.1) is 0 Å². The highest BCUT2D eigenvalue weighted by Crippen LogP contribution is 2.36. The van der Waals surface area contributed by atoms with Gasteiger partial charge in [0.1, 0.15) is 12.4 Å². The van der Waals surface area contributed by atoms with E-state index in [-0.39, 0.29) is 30.9 Å². The van der Waals surface area contributed by atoms with Crippen molar-refractivity contribution in [1.82, 2.24) is 10.2 Å². The second kappa shape index (κ2) is 15.6. The fraction of sp³-hybridized carbons (Fsp3) is 0.310. The fourth-order valence-electron chi connectivity index (χ4n) is 3.81. The molecule has 1 aliphatic heterocycles. The first-order valence-electron chi connectivity index (χ1n) is 11.6. The minimum Gasteiger partial charge on any atom is -0.488 e. The van der Waals surface area contributed by atoms with Crippen LogP contribution in [-0.4, -0.2) is 43.7 Å². The van der Waals surface area contributed by atoms with E-state index >= 15 is 0 Å². The maximum Gasteiger partial charge on any atom is 0.127 e. The Bertz CT molecular complexity index is 992. The summed E-state index contributed by atoms with van der Waals surface area (Å²) in [5.41, 5.74) is 5.99. The number of halogens is 2. The Kier molecular flexibility index (Phi) is 13.7. The lowest BCUT2D eigenvalue weighted by atomic mass is 9.93. The van der Waals surface area contributed by atoms with Crippen molar-refractivity contribution in [2.75, 3.05) is 27.7 Å². The molecule has 0 aliphatic carbocycles. The highest BCUT2D eigenvalue weighted by molar-refractivity contribution is 5.86. The van der Waals surface area contributed by atoms with Gasteiger partial charge in [-0.2, -0.15) is 0 Å². The second-order valence-electron chi connectivity index (χ2n) is 8.58. The first-order valence-corrected chi connectivity index (χ1v) is 11.6. The van der Waals surface area contributed by atoms with Crippen LogP contribution in [0.15, 0.2) is 84.9 Å². The molecule has 190 valence electrons. The third-order valence-corrected chi connectivity index (χ3v) is 5.86. The molecule has 0 saturated heterocycles. The average molecular weight is 518 g/mol. The summed E-state index contributed by atoms with van der Waals surface area (Å²) in [7, 11) is 6.06. The van der Waals surface area contributed by atoms with E-state index in [0.717, 1.165) is 24.3 Å². The van der Waals surface area contributed by atoms with Crippen molar-refractivity contribution >= 4 is 30.4 Å². The number of rotatable bonds is 6. The number of ether oxygens (including phenoxy) is 1. The van der Waals surface area contributed by atoms with Crippen LogP contribution in [0.4, 0.5) is 0 Å². The summed E-state index contributed by atoms with van der Waals surface area (Å²) in [6.45, 7) is 3.64. The van der Waals surface area contributed by atoms with Crippen molar-refractivity contribution in [3.8, 4) is 5.75 Å². The zero-order chi connectivity index (χ0) is 23.6. The molecule has 0 bridgehead atoms. The van der Waals surface area contributed by atoms with Crippen molar-refractivity contribution in [1.29, 1.82) is 0 Å². The van der Waals surface area contributed by atoms with Gasteiger partial charge < -0.3 is 20.1 Å². The number of hydrogen-bond acceptors (Lipinski definition) is 4. The molecule has 0 radical (unpaired) electrons. The molecule has 3 aromatic carbocycles. The topological polar surface area (TPSA) is 44.7 Å². The van der Waals surface area contributed by atoms with Crippen LogP contribution in [0.2, 0.25) is 0 Å². The Hall–Kier alpha value is -2.34. The standard InChI is InChI=1S/C19H21NO.C10H15NO.2ClH/c1-20(2)13-7-11-17-16-9-4-3-8-15(16)14-21-19-12-6-5-10-18(17)19;1-8(11-2)10(12)9-6-4-3-5-7-9;;/h3-6,8-12H,7,13-14H2,1-2H3;3-8,10-12H,1-2H3;2*1H/t;8-,10-;;/m.0../s1. The van der Waals surface area contributed by atoms with E-state index in [1.807, 2.05) is 50.4 Å². The molecule has 6 heteroatoms. The van der Waals surface area contributed by atoms with E-state index < -0.39 is 6.10 Å². The summed E-state index contributed by atoms with van der Waals surface area (Å²) >= 11 is 0. The summed E-state index contributed by atoms with van der Waals surface area (Å²) in [6.07, 6.45) is 2.95. The predicted octanol–water partition coefficient (Wildman–Crippen LogP) is 6.13. The first-order chi connectivity index (χ1) is 16.0. The van der Waals surface area contributed by atoms with Crippen molar-refractivity contribution in [3.05, 3.63) is 107 Å². The second-order valence-corrected chi connectivity index (χ2v) is 8.58. The predicted molar refractivity (Wildman–Crippen MR) is 152 cm³/mol. The zero-order valence-electron chi connectivity index (χ0n) is 21.0. The summed E-state index contributed by atoms with van der Waals surface area (Å²) < 4.78 is 5.98. The molecule has 0 fully saturated rings. The minimum absolute atomic E-state index is 0. The number of aliphatic hydroxyl groups excluding tert-OH is 1. The van der Waals surface area contributed by atoms with E-state index in [1.54, 1.807) is 0 Å². The quantitative estimate of drug-likeness (QED) is 0.413. The summed E-state index contributed by atoms with van der Waals surface area (Å²) in [4.78, 5) is 2.21. The van der Waals surface area contributed by atoms with E-state index in [2.05, 4.69) is 72.9 Å². The first kappa shape index (κ1) is 30.7. The number of nitrogens with zero attached hydrogens (tertiary/aromatic N) is 1. The Morgan fingerprint density at radius 3 is 2.17 bits per heavy atom.